The number of amides is 1. The first-order valence-corrected chi connectivity index (χ1v) is 9.49. The molecule has 0 bridgehead atoms. The van der Waals surface area contributed by atoms with Crippen LogP contribution in [0, 0.1) is 0 Å². The van der Waals surface area contributed by atoms with Crippen LogP contribution < -0.4 is 10.1 Å². The third-order valence-corrected chi connectivity index (χ3v) is 5.06. The molecule has 5 nitrogen and oxygen atoms in total. The first-order chi connectivity index (χ1) is 12.5. The van der Waals surface area contributed by atoms with Crippen LogP contribution in [0.2, 0.25) is 0 Å². The second kappa shape index (κ2) is 7.94. The Hall–Kier alpha value is -2.30. The van der Waals surface area contributed by atoms with Crippen LogP contribution >= 0.6 is 0 Å². The summed E-state index contributed by atoms with van der Waals surface area (Å²) in [5, 5.41) is 3.02. The number of benzene rings is 1. The first-order valence-electron chi connectivity index (χ1n) is 9.49. The van der Waals surface area contributed by atoms with E-state index in [1.54, 1.807) is 7.11 Å². The number of fused-ring (bicyclic) bond motifs is 1. The number of carbonyl (C=O) groups is 1. The van der Waals surface area contributed by atoms with E-state index in [0.717, 1.165) is 35.7 Å². The van der Waals surface area contributed by atoms with Crippen molar-refractivity contribution in [1.82, 2.24) is 14.9 Å². The van der Waals surface area contributed by atoms with Gasteiger partial charge >= 0.3 is 0 Å². The molecule has 1 aliphatic rings. The minimum absolute atomic E-state index is 0.0364. The van der Waals surface area contributed by atoms with E-state index in [0.29, 0.717) is 12.5 Å². The monoisotopic (exact) mass is 355 g/mol. The van der Waals surface area contributed by atoms with Gasteiger partial charge in [0.1, 0.15) is 11.6 Å². The van der Waals surface area contributed by atoms with Crippen LogP contribution in [-0.2, 0) is 11.2 Å². The van der Waals surface area contributed by atoms with Crippen molar-refractivity contribution < 1.29 is 9.53 Å². The van der Waals surface area contributed by atoms with Gasteiger partial charge in [0, 0.05) is 42.7 Å². The molecule has 1 aromatic heterocycles. The van der Waals surface area contributed by atoms with Crippen LogP contribution in [0.3, 0.4) is 0 Å². The van der Waals surface area contributed by atoms with Crippen molar-refractivity contribution >= 4 is 5.91 Å². The molecule has 1 amide bonds. The summed E-state index contributed by atoms with van der Waals surface area (Å²) in [6.07, 6.45) is 5.70. The van der Waals surface area contributed by atoms with Crippen molar-refractivity contribution in [3.63, 3.8) is 0 Å². The van der Waals surface area contributed by atoms with Crippen molar-refractivity contribution in [2.45, 2.75) is 64.5 Å². The lowest BCUT2D eigenvalue weighted by molar-refractivity contribution is -0.121. The number of ether oxygens (including phenoxy) is 1. The summed E-state index contributed by atoms with van der Waals surface area (Å²) in [5.74, 6) is 1.97. The van der Waals surface area contributed by atoms with Crippen molar-refractivity contribution in [1.29, 1.82) is 0 Å². The largest absolute Gasteiger partial charge is 0.497 e. The third-order valence-electron chi connectivity index (χ3n) is 5.06. The lowest BCUT2D eigenvalue weighted by Crippen LogP contribution is -2.32. The highest BCUT2D eigenvalue weighted by atomic mass is 16.5. The average molecular weight is 355 g/mol. The summed E-state index contributed by atoms with van der Waals surface area (Å²) in [6.45, 7) is 6.22. The van der Waals surface area contributed by atoms with Crippen LogP contribution in [0.1, 0.15) is 69.1 Å². The molecule has 1 aliphatic heterocycles. The van der Waals surface area contributed by atoms with Crippen LogP contribution in [0.4, 0.5) is 0 Å². The molecule has 3 rings (SSSR count). The molecule has 2 atom stereocenters. The molecular weight excluding hydrogens is 326 g/mol. The molecule has 0 saturated heterocycles. The van der Waals surface area contributed by atoms with Crippen LogP contribution in [-0.4, -0.2) is 28.6 Å². The van der Waals surface area contributed by atoms with Gasteiger partial charge in [-0.1, -0.05) is 12.1 Å². The molecule has 0 saturated carbocycles. The summed E-state index contributed by atoms with van der Waals surface area (Å²) in [6, 6.07) is 8.57. The minimum atomic E-state index is -0.0364. The second-order valence-electron chi connectivity index (χ2n) is 7.47. The quantitative estimate of drug-likeness (QED) is 0.857. The van der Waals surface area contributed by atoms with Gasteiger partial charge in [-0.05, 0) is 51.3 Å². The second-order valence-corrected chi connectivity index (χ2v) is 7.47. The van der Waals surface area contributed by atoms with Crippen LogP contribution in [0.15, 0.2) is 30.5 Å². The predicted molar refractivity (Wildman–Crippen MR) is 103 cm³/mol. The zero-order chi connectivity index (χ0) is 18.7. The van der Waals surface area contributed by atoms with Gasteiger partial charge in [-0.15, -0.1) is 0 Å². The van der Waals surface area contributed by atoms with Crippen LogP contribution in [0.25, 0.3) is 0 Å². The Bertz CT molecular complexity index is 766. The van der Waals surface area contributed by atoms with Crippen LogP contribution in [0.5, 0.6) is 5.75 Å². The number of nitrogens with one attached hydrogen (secondary N) is 1. The van der Waals surface area contributed by atoms with Crippen molar-refractivity contribution in [3.8, 4) is 5.75 Å². The first kappa shape index (κ1) is 18.5. The van der Waals surface area contributed by atoms with Crippen molar-refractivity contribution in [3.05, 3.63) is 47.5 Å². The van der Waals surface area contributed by atoms with E-state index >= 15 is 0 Å². The molecule has 2 heterocycles. The van der Waals surface area contributed by atoms with E-state index in [1.807, 2.05) is 38.2 Å². The number of nitrogens with zero attached hydrogens (tertiary/aromatic N) is 2. The molecular formula is C21H29N3O2. The maximum atomic E-state index is 12.6. The lowest BCUT2D eigenvalue weighted by Gasteiger charge is -2.27. The van der Waals surface area contributed by atoms with Gasteiger partial charge in [0.25, 0.3) is 0 Å². The van der Waals surface area contributed by atoms with E-state index in [1.165, 1.54) is 6.42 Å². The Morgan fingerprint density at radius 1 is 1.42 bits per heavy atom. The van der Waals surface area contributed by atoms with Gasteiger partial charge in [0.05, 0.1) is 7.11 Å². The Morgan fingerprint density at radius 3 is 2.96 bits per heavy atom. The standard InChI is InChI=1S/C21H29N3O2/c1-14(2)23-21(25)12-18(16-8-6-9-17(11-16)26-4)19-13-22-20-10-5-7-15(3)24(19)20/h6,8-9,11,13-15,18H,5,7,10,12H2,1-4H3,(H,23,25)/t15-,18+/m1/s1. The van der Waals surface area contributed by atoms with Crippen molar-refractivity contribution in [2.24, 2.45) is 0 Å². The number of methoxy groups -OCH3 is 1. The molecule has 1 aromatic carbocycles. The molecule has 1 N–H and O–H groups in total. The van der Waals surface area contributed by atoms with Gasteiger partial charge in [0.15, 0.2) is 0 Å². The summed E-state index contributed by atoms with van der Waals surface area (Å²) < 4.78 is 7.75. The van der Waals surface area contributed by atoms with E-state index in [2.05, 4.69) is 27.9 Å². The van der Waals surface area contributed by atoms with Crippen molar-refractivity contribution in [2.75, 3.05) is 7.11 Å². The topological polar surface area (TPSA) is 56.1 Å². The summed E-state index contributed by atoms with van der Waals surface area (Å²) in [5.41, 5.74) is 2.21. The number of hydrogen-bond acceptors (Lipinski definition) is 3. The zero-order valence-corrected chi connectivity index (χ0v) is 16.2. The predicted octanol–water partition coefficient (Wildman–Crippen LogP) is 3.84. The van der Waals surface area contributed by atoms with Gasteiger partial charge in [0.2, 0.25) is 5.91 Å². The Labute approximate surface area is 155 Å². The molecule has 0 radical (unpaired) electrons. The SMILES string of the molecule is COc1cccc([C@H](CC(=O)NC(C)C)c2cnc3n2[C@H](C)CCC3)c1. The lowest BCUT2D eigenvalue weighted by atomic mass is 9.91. The highest BCUT2D eigenvalue weighted by molar-refractivity contribution is 5.77. The Balaban J connectivity index is 2.00. The van der Waals surface area contributed by atoms with E-state index < -0.39 is 0 Å². The fourth-order valence-corrected chi connectivity index (χ4v) is 3.87. The fraction of sp³-hybridized carbons (Fsp3) is 0.524. The number of aryl methyl sites for hydroxylation is 1. The number of hydrogen-bond donors (Lipinski definition) is 1. The van der Waals surface area contributed by atoms with Gasteiger partial charge in [-0.2, -0.15) is 0 Å². The highest BCUT2D eigenvalue weighted by Gasteiger charge is 2.27. The molecule has 2 aromatic rings. The minimum Gasteiger partial charge on any atom is -0.497 e. The summed E-state index contributed by atoms with van der Waals surface area (Å²) in [7, 11) is 1.67. The maximum Gasteiger partial charge on any atom is 0.221 e. The van der Waals surface area contributed by atoms with E-state index in [-0.39, 0.29) is 17.9 Å². The summed E-state index contributed by atoms with van der Waals surface area (Å²) in [4.78, 5) is 17.2. The van der Waals surface area contributed by atoms with E-state index in [4.69, 9.17) is 4.74 Å². The molecule has 26 heavy (non-hydrogen) atoms. The van der Waals surface area contributed by atoms with E-state index in [9.17, 15) is 4.79 Å². The number of imidazole rings is 1. The Morgan fingerprint density at radius 2 is 2.23 bits per heavy atom. The summed E-state index contributed by atoms with van der Waals surface area (Å²) >= 11 is 0. The zero-order valence-electron chi connectivity index (χ0n) is 16.2. The van der Waals surface area contributed by atoms with Gasteiger partial charge in [-0.25, -0.2) is 4.98 Å². The molecule has 0 spiro atoms. The Kier molecular flexibility index (Phi) is 5.64. The fourth-order valence-electron chi connectivity index (χ4n) is 3.87. The normalized spacial score (nSPS) is 17.7. The molecule has 0 fully saturated rings. The van der Waals surface area contributed by atoms with Gasteiger partial charge in [-0.3, -0.25) is 4.79 Å². The highest BCUT2D eigenvalue weighted by Crippen LogP contribution is 2.35. The average Bonchev–Trinajstić information content (AvgIpc) is 3.04. The molecule has 140 valence electrons. The molecule has 0 unspecified atom stereocenters. The molecule has 0 aliphatic carbocycles. The number of carbonyl (C=O) groups excluding carboxylic acids is 1. The number of rotatable bonds is 6. The third kappa shape index (κ3) is 3.92. The maximum absolute atomic E-state index is 12.6. The molecule has 5 heteroatoms. The van der Waals surface area contributed by atoms with Gasteiger partial charge < -0.3 is 14.6 Å². The smallest absolute Gasteiger partial charge is 0.221 e. The number of aromatic nitrogens is 2.